The molecule has 2 aromatic heterocycles. The van der Waals surface area contributed by atoms with E-state index in [1.807, 2.05) is 45.0 Å². The van der Waals surface area contributed by atoms with E-state index in [1.54, 1.807) is 0 Å². The standard InChI is InChI=1S/C16H18N6O2S/c1-16(2,3)20-14(24)18-11(23)8-25-15-19-13-12(21-22-15)9-6-4-5-7-10(9)17-13/h4-7H,8H2,1-3H3,(H,17,19,22)(H2,18,20,23,24). The summed E-state index contributed by atoms with van der Waals surface area (Å²) < 4.78 is 0. The van der Waals surface area contributed by atoms with Crippen LogP contribution in [0.5, 0.6) is 0 Å². The molecule has 3 N–H and O–H groups in total. The van der Waals surface area contributed by atoms with E-state index < -0.39 is 17.5 Å². The highest BCUT2D eigenvalue weighted by molar-refractivity contribution is 7.99. The number of imide groups is 1. The van der Waals surface area contributed by atoms with Crippen molar-refractivity contribution in [1.82, 2.24) is 30.8 Å². The minimum atomic E-state index is -0.525. The molecule has 8 nitrogen and oxygen atoms in total. The van der Waals surface area contributed by atoms with Gasteiger partial charge in [0.15, 0.2) is 5.65 Å². The van der Waals surface area contributed by atoms with Gasteiger partial charge in [0.05, 0.1) is 5.75 Å². The fourth-order valence-corrected chi connectivity index (χ4v) is 2.82. The Bertz CT molecular complexity index is 947. The van der Waals surface area contributed by atoms with Crippen LogP contribution in [0.2, 0.25) is 0 Å². The van der Waals surface area contributed by atoms with Gasteiger partial charge in [-0.25, -0.2) is 9.78 Å². The normalized spacial score (nSPS) is 11.6. The summed E-state index contributed by atoms with van der Waals surface area (Å²) in [5.74, 6) is -0.405. The van der Waals surface area contributed by atoms with Crippen LogP contribution in [0, 0.1) is 0 Å². The lowest BCUT2D eigenvalue weighted by Gasteiger charge is -2.20. The number of fused-ring (bicyclic) bond motifs is 3. The number of H-pyrrole nitrogens is 1. The van der Waals surface area contributed by atoms with E-state index in [0.29, 0.717) is 16.3 Å². The number of urea groups is 1. The molecule has 130 valence electrons. The number of aromatic amines is 1. The summed E-state index contributed by atoms with van der Waals surface area (Å²) in [4.78, 5) is 31.0. The number of aromatic nitrogens is 4. The molecular formula is C16H18N6O2S. The Hall–Kier alpha value is -2.68. The summed E-state index contributed by atoms with van der Waals surface area (Å²) in [7, 11) is 0. The molecule has 0 saturated heterocycles. The summed E-state index contributed by atoms with van der Waals surface area (Å²) in [5.41, 5.74) is 1.82. The Morgan fingerprint density at radius 2 is 1.96 bits per heavy atom. The highest BCUT2D eigenvalue weighted by Gasteiger charge is 2.16. The van der Waals surface area contributed by atoms with Gasteiger partial charge >= 0.3 is 6.03 Å². The molecule has 3 aromatic rings. The van der Waals surface area contributed by atoms with Crippen molar-refractivity contribution in [2.24, 2.45) is 0 Å². The van der Waals surface area contributed by atoms with Crippen LogP contribution in [0.15, 0.2) is 29.4 Å². The lowest BCUT2D eigenvalue weighted by atomic mass is 10.1. The zero-order chi connectivity index (χ0) is 18.0. The van der Waals surface area contributed by atoms with Crippen LogP contribution in [0.3, 0.4) is 0 Å². The van der Waals surface area contributed by atoms with Crippen LogP contribution >= 0.6 is 11.8 Å². The van der Waals surface area contributed by atoms with Crippen molar-refractivity contribution < 1.29 is 9.59 Å². The number of hydrogen-bond acceptors (Lipinski definition) is 6. The summed E-state index contributed by atoms with van der Waals surface area (Å²) in [6, 6.07) is 7.20. The second-order valence-electron chi connectivity index (χ2n) is 6.50. The monoisotopic (exact) mass is 358 g/mol. The van der Waals surface area contributed by atoms with Gasteiger partial charge in [-0.1, -0.05) is 30.0 Å². The van der Waals surface area contributed by atoms with E-state index in [2.05, 4.69) is 30.8 Å². The number of benzene rings is 1. The van der Waals surface area contributed by atoms with E-state index in [9.17, 15) is 9.59 Å². The first-order valence-corrected chi connectivity index (χ1v) is 8.66. The van der Waals surface area contributed by atoms with Crippen LogP contribution in [0.4, 0.5) is 4.79 Å². The molecule has 0 aliphatic heterocycles. The maximum Gasteiger partial charge on any atom is 0.321 e. The van der Waals surface area contributed by atoms with Crippen LogP contribution in [-0.2, 0) is 4.79 Å². The quantitative estimate of drug-likeness (QED) is 0.619. The van der Waals surface area contributed by atoms with Crippen LogP contribution in [0.25, 0.3) is 22.1 Å². The molecule has 1 aromatic carbocycles. The number of carbonyl (C=O) groups excluding carboxylic acids is 2. The number of nitrogens with one attached hydrogen (secondary N) is 3. The Balaban J connectivity index is 1.64. The van der Waals surface area contributed by atoms with Gasteiger partial charge in [0.1, 0.15) is 5.52 Å². The molecule has 0 aliphatic rings. The highest BCUT2D eigenvalue weighted by atomic mass is 32.2. The zero-order valence-corrected chi connectivity index (χ0v) is 14.9. The molecule has 0 radical (unpaired) electrons. The van der Waals surface area contributed by atoms with Crippen molar-refractivity contribution in [2.75, 3.05) is 5.75 Å². The fraction of sp³-hybridized carbons (Fsp3) is 0.312. The van der Waals surface area contributed by atoms with E-state index in [4.69, 9.17) is 0 Å². The van der Waals surface area contributed by atoms with E-state index >= 15 is 0 Å². The van der Waals surface area contributed by atoms with Gasteiger partial charge in [-0.05, 0) is 26.8 Å². The molecule has 0 saturated carbocycles. The third-order valence-electron chi connectivity index (χ3n) is 3.18. The van der Waals surface area contributed by atoms with Gasteiger partial charge in [-0.15, -0.1) is 10.2 Å². The van der Waals surface area contributed by atoms with Crippen molar-refractivity contribution in [3.63, 3.8) is 0 Å². The number of hydrogen-bond donors (Lipinski definition) is 3. The molecule has 3 amide bonds. The Morgan fingerprint density at radius 1 is 1.20 bits per heavy atom. The maximum absolute atomic E-state index is 11.8. The van der Waals surface area contributed by atoms with Gasteiger partial charge in [0.2, 0.25) is 11.1 Å². The number of amides is 3. The van der Waals surface area contributed by atoms with E-state index in [-0.39, 0.29) is 5.75 Å². The molecule has 9 heteroatoms. The second-order valence-corrected chi connectivity index (χ2v) is 7.45. The molecular weight excluding hydrogens is 340 g/mol. The highest BCUT2D eigenvalue weighted by Crippen LogP contribution is 2.23. The number of nitrogens with zero attached hydrogens (tertiary/aromatic N) is 3. The molecule has 0 atom stereocenters. The molecule has 0 unspecified atom stereocenters. The molecule has 2 heterocycles. The SMILES string of the molecule is CC(C)(C)NC(=O)NC(=O)CSc1nnc2c(n1)[nH]c1ccccc12. The minimum Gasteiger partial charge on any atom is -0.338 e. The van der Waals surface area contributed by atoms with E-state index in [0.717, 1.165) is 22.7 Å². The molecule has 0 aliphatic carbocycles. The Kier molecular flexibility index (Phi) is 4.58. The summed E-state index contributed by atoms with van der Waals surface area (Å²) in [6.45, 7) is 5.50. The molecule has 3 rings (SSSR count). The first-order chi connectivity index (χ1) is 11.8. The Labute approximate surface area is 148 Å². The lowest BCUT2D eigenvalue weighted by Crippen LogP contribution is -2.48. The van der Waals surface area contributed by atoms with Gasteiger partial charge in [0, 0.05) is 16.4 Å². The van der Waals surface area contributed by atoms with Crippen molar-refractivity contribution in [2.45, 2.75) is 31.5 Å². The zero-order valence-electron chi connectivity index (χ0n) is 14.1. The first-order valence-electron chi connectivity index (χ1n) is 7.68. The third-order valence-corrected chi connectivity index (χ3v) is 4.01. The van der Waals surface area contributed by atoms with Crippen molar-refractivity contribution in [1.29, 1.82) is 0 Å². The fourth-order valence-electron chi connectivity index (χ4n) is 2.23. The van der Waals surface area contributed by atoms with Gasteiger partial charge in [-0.3, -0.25) is 10.1 Å². The molecule has 0 spiro atoms. The second kappa shape index (κ2) is 6.67. The summed E-state index contributed by atoms with van der Waals surface area (Å²) >= 11 is 1.12. The number of carbonyl (C=O) groups is 2. The van der Waals surface area contributed by atoms with Crippen LogP contribution in [-0.4, -0.2) is 43.4 Å². The lowest BCUT2D eigenvalue weighted by molar-refractivity contribution is -0.117. The number of para-hydroxylation sites is 1. The van der Waals surface area contributed by atoms with Gasteiger partial charge in [-0.2, -0.15) is 0 Å². The van der Waals surface area contributed by atoms with Gasteiger partial charge < -0.3 is 10.3 Å². The summed E-state index contributed by atoms with van der Waals surface area (Å²) in [5, 5.41) is 14.5. The van der Waals surface area contributed by atoms with Gasteiger partial charge in [0.25, 0.3) is 0 Å². The van der Waals surface area contributed by atoms with Crippen molar-refractivity contribution in [3.05, 3.63) is 24.3 Å². The van der Waals surface area contributed by atoms with Crippen molar-refractivity contribution >= 4 is 45.8 Å². The van der Waals surface area contributed by atoms with Crippen molar-refractivity contribution in [3.8, 4) is 0 Å². The average Bonchev–Trinajstić information content (AvgIpc) is 2.88. The smallest absolute Gasteiger partial charge is 0.321 e. The maximum atomic E-state index is 11.8. The predicted molar refractivity (Wildman–Crippen MR) is 96.3 cm³/mol. The van der Waals surface area contributed by atoms with Crippen LogP contribution in [0.1, 0.15) is 20.8 Å². The first kappa shape index (κ1) is 17.2. The Morgan fingerprint density at radius 3 is 2.72 bits per heavy atom. The predicted octanol–water partition coefficient (Wildman–Crippen LogP) is 2.22. The molecule has 0 bridgehead atoms. The summed E-state index contributed by atoms with van der Waals surface area (Å²) in [6.07, 6.45) is 0. The third kappa shape index (κ3) is 4.24. The number of rotatable bonds is 3. The largest absolute Gasteiger partial charge is 0.338 e. The molecule has 25 heavy (non-hydrogen) atoms. The minimum absolute atomic E-state index is 0.0188. The topological polar surface area (TPSA) is 113 Å². The van der Waals surface area contributed by atoms with E-state index in [1.165, 1.54) is 0 Å². The number of thioether (sulfide) groups is 1. The molecule has 0 fully saturated rings. The average molecular weight is 358 g/mol. The van der Waals surface area contributed by atoms with Crippen LogP contribution < -0.4 is 10.6 Å².